The Morgan fingerprint density at radius 1 is 1.18 bits per heavy atom. The Morgan fingerprint density at radius 3 is 2.71 bits per heavy atom. The number of nitrogens with zero attached hydrogens (tertiary/aromatic N) is 1. The molecule has 1 atom stereocenters. The van der Waals surface area contributed by atoms with Gasteiger partial charge in [-0.2, -0.15) is 0 Å². The minimum Gasteiger partial charge on any atom is -0.445 e. The van der Waals surface area contributed by atoms with E-state index in [2.05, 4.69) is 10.6 Å². The van der Waals surface area contributed by atoms with Gasteiger partial charge in [0, 0.05) is 5.92 Å². The molecule has 0 aliphatic carbocycles. The van der Waals surface area contributed by atoms with Gasteiger partial charge in [0.05, 0.1) is 11.7 Å². The Labute approximate surface area is 102 Å². The lowest BCUT2D eigenvalue weighted by Gasteiger charge is -2.19. The minimum absolute atomic E-state index is 0.425. The smallest absolute Gasteiger partial charge is 0.197 e. The van der Waals surface area contributed by atoms with E-state index in [1.54, 1.807) is 0 Å². The fraction of sp³-hybridized carbons (Fsp3) is 0.769. The van der Waals surface area contributed by atoms with Crippen molar-refractivity contribution in [3.63, 3.8) is 0 Å². The van der Waals surface area contributed by atoms with Crippen LogP contribution in [0.2, 0.25) is 0 Å². The van der Waals surface area contributed by atoms with Crippen LogP contribution < -0.4 is 10.6 Å². The summed E-state index contributed by atoms with van der Waals surface area (Å²) in [5.74, 6) is 2.50. The minimum atomic E-state index is 0.425. The number of piperidine rings is 1. The Balaban J connectivity index is 1.79. The van der Waals surface area contributed by atoms with E-state index in [4.69, 9.17) is 9.40 Å². The number of aromatic nitrogens is 1. The molecule has 4 heteroatoms. The molecule has 1 aromatic heterocycles. The molecule has 0 amide bonds. The van der Waals surface area contributed by atoms with Gasteiger partial charge < -0.3 is 15.1 Å². The molecule has 2 aliphatic heterocycles. The predicted molar refractivity (Wildman–Crippen MR) is 66.1 cm³/mol. The highest BCUT2D eigenvalue weighted by molar-refractivity contribution is 5.16. The highest BCUT2D eigenvalue weighted by Gasteiger charge is 2.26. The lowest BCUT2D eigenvalue weighted by Crippen LogP contribution is -2.26. The molecule has 2 saturated heterocycles. The van der Waals surface area contributed by atoms with E-state index < -0.39 is 0 Å². The molecule has 0 saturated carbocycles. The van der Waals surface area contributed by atoms with Gasteiger partial charge in [-0.15, -0.1) is 0 Å². The number of nitrogens with one attached hydrogen (secondary N) is 2. The number of oxazole rings is 1. The molecule has 2 aliphatic rings. The van der Waals surface area contributed by atoms with E-state index in [0.717, 1.165) is 49.8 Å². The molecular weight excluding hydrogens is 214 g/mol. The van der Waals surface area contributed by atoms with Crippen LogP contribution in [0, 0.1) is 6.92 Å². The van der Waals surface area contributed by atoms with Gasteiger partial charge in [-0.05, 0) is 52.2 Å². The molecule has 3 rings (SSSR count). The van der Waals surface area contributed by atoms with Crippen LogP contribution in [0.25, 0.3) is 0 Å². The van der Waals surface area contributed by atoms with Crippen LogP contribution in [0.5, 0.6) is 0 Å². The van der Waals surface area contributed by atoms with Gasteiger partial charge in [-0.3, -0.25) is 0 Å². The van der Waals surface area contributed by atoms with Crippen LogP contribution in [-0.2, 0) is 0 Å². The Bertz CT molecular complexity index is 376. The lowest BCUT2D eigenvalue weighted by atomic mass is 9.98. The standard InChI is InChI=1S/C13H21N3O/c1-9-12(11-3-2-6-15-11)16-13(17-9)10-4-7-14-8-5-10/h10-11,14-15H,2-8H2,1H3. The van der Waals surface area contributed by atoms with Crippen molar-refractivity contribution in [3.8, 4) is 0 Å². The molecule has 17 heavy (non-hydrogen) atoms. The maximum atomic E-state index is 5.89. The second-order valence-corrected chi connectivity index (χ2v) is 5.17. The maximum Gasteiger partial charge on any atom is 0.197 e. The first-order valence-corrected chi connectivity index (χ1v) is 6.76. The van der Waals surface area contributed by atoms with Crippen molar-refractivity contribution in [2.24, 2.45) is 0 Å². The fourth-order valence-electron chi connectivity index (χ4n) is 2.91. The highest BCUT2D eigenvalue weighted by Crippen LogP contribution is 2.30. The molecular formula is C13H21N3O. The van der Waals surface area contributed by atoms with Gasteiger partial charge >= 0.3 is 0 Å². The van der Waals surface area contributed by atoms with E-state index in [-0.39, 0.29) is 0 Å². The van der Waals surface area contributed by atoms with Crippen molar-refractivity contribution < 1.29 is 4.42 Å². The molecule has 94 valence electrons. The number of hydrogen-bond donors (Lipinski definition) is 2. The molecule has 0 radical (unpaired) electrons. The van der Waals surface area contributed by atoms with Crippen LogP contribution in [0.3, 0.4) is 0 Å². The summed E-state index contributed by atoms with van der Waals surface area (Å²) >= 11 is 0. The summed E-state index contributed by atoms with van der Waals surface area (Å²) in [7, 11) is 0. The molecule has 0 bridgehead atoms. The van der Waals surface area contributed by atoms with Crippen molar-refractivity contribution in [2.45, 2.75) is 44.6 Å². The molecule has 1 unspecified atom stereocenters. The van der Waals surface area contributed by atoms with Crippen LogP contribution in [0.1, 0.15) is 55.0 Å². The van der Waals surface area contributed by atoms with Gasteiger partial charge in [0.25, 0.3) is 0 Å². The first-order valence-electron chi connectivity index (χ1n) is 6.76. The molecule has 0 spiro atoms. The third-order valence-electron chi connectivity index (χ3n) is 3.93. The van der Waals surface area contributed by atoms with Gasteiger partial charge in [0.1, 0.15) is 5.76 Å². The predicted octanol–water partition coefficient (Wildman–Crippen LogP) is 1.87. The first-order chi connectivity index (χ1) is 8.34. The normalized spacial score (nSPS) is 26.5. The Morgan fingerprint density at radius 2 is 2.00 bits per heavy atom. The van der Waals surface area contributed by atoms with E-state index in [1.165, 1.54) is 12.8 Å². The van der Waals surface area contributed by atoms with E-state index >= 15 is 0 Å². The van der Waals surface area contributed by atoms with Crippen LogP contribution in [-0.4, -0.2) is 24.6 Å². The van der Waals surface area contributed by atoms with Gasteiger partial charge in [0.2, 0.25) is 0 Å². The number of aryl methyl sites for hydroxylation is 1. The quantitative estimate of drug-likeness (QED) is 0.821. The highest BCUT2D eigenvalue weighted by atomic mass is 16.4. The number of hydrogen-bond acceptors (Lipinski definition) is 4. The monoisotopic (exact) mass is 235 g/mol. The Kier molecular flexibility index (Phi) is 3.16. The second-order valence-electron chi connectivity index (χ2n) is 5.17. The molecule has 4 nitrogen and oxygen atoms in total. The molecule has 0 aromatic carbocycles. The van der Waals surface area contributed by atoms with Crippen molar-refractivity contribution in [2.75, 3.05) is 19.6 Å². The van der Waals surface area contributed by atoms with Crippen molar-refractivity contribution in [1.29, 1.82) is 0 Å². The summed E-state index contributed by atoms with van der Waals surface area (Å²) in [6.45, 7) is 5.33. The number of rotatable bonds is 2. The zero-order valence-corrected chi connectivity index (χ0v) is 10.5. The van der Waals surface area contributed by atoms with E-state index in [1.807, 2.05) is 6.92 Å². The third-order valence-corrected chi connectivity index (χ3v) is 3.93. The maximum absolute atomic E-state index is 5.89. The lowest BCUT2D eigenvalue weighted by molar-refractivity contribution is 0.366. The largest absolute Gasteiger partial charge is 0.445 e. The SMILES string of the molecule is Cc1oc(C2CCNCC2)nc1C1CCCN1. The van der Waals surface area contributed by atoms with Crippen LogP contribution in [0.4, 0.5) is 0 Å². The summed E-state index contributed by atoms with van der Waals surface area (Å²) in [5, 5.41) is 6.87. The third kappa shape index (κ3) is 2.24. The van der Waals surface area contributed by atoms with Crippen molar-refractivity contribution in [1.82, 2.24) is 15.6 Å². The summed E-state index contributed by atoms with van der Waals surface area (Å²) in [5.41, 5.74) is 1.15. The van der Waals surface area contributed by atoms with Crippen molar-refractivity contribution in [3.05, 3.63) is 17.3 Å². The molecule has 2 fully saturated rings. The first kappa shape index (κ1) is 11.2. The average molecular weight is 235 g/mol. The topological polar surface area (TPSA) is 50.1 Å². The van der Waals surface area contributed by atoms with Crippen LogP contribution >= 0.6 is 0 Å². The zero-order valence-electron chi connectivity index (χ0n) is 10.5. The molecule has 3 heterocycles. The summed E-state index contributed by atoms with van der Waals surface area (Å²) in [4.78, 5) is 4.76. The fourth-order valence-corrected chi connectivity index (χ4v) is 2.91. The molecule has 1 aromatic rings. The summed E-state index contributed by atoms with van der Waals surface area (Å²) in [6, 6.07) is 0.425. The Hall–Kier alpha value is -0.870. The van der Waals surface area contributed by atoms with Crippen LogP contribution in [0.15, 0.2) is 4.42 Å². The zero-order chi connectivity index (χ0) is 11.7. The van der Waals surface area contributed by atoms with Gasteiger partial charge in [0.15, 0.2) is 5.89 Å². The van der Waals surface area contributed by atoms with Gasteiger partial charge in [-0.1, -0.05) is 0 Å². The van der Waals surface area contributed by atoms with E-state index in [9.17, 15) is 0 Å². The van der Waals surface area contributed by atoms with Crippen molar-refractivity contribution >= 4 is 0 Å². The second kappa shape index (κ2) is 4.78. The van der Waals surface area contributed by atoms with E-state index in [0.29, 0.717) is 12.0 Å². The summed E-state index contributed by atoms with van der Waals surface area (Å²) in [6.07, 6.45) is 4.74. The van der Waals surface area contributed by atoms with Gasteiger partial charge in [-0.25, -0.2) is 4.98 Å². The average Bonchev–Trinajstić information content (AvgIpc) is 2.99. The summed E-state index contributed by atoms with van der Waals surface area (Å²) < 4.78 is 5.89. The molecule has 2 N–H and O–H groups in total.